The van der Waals surface area contributed by atoms with Gasteiger partial charge in [0.05, 0.1) is 23.9 Å². The van der Waals surface area contributed by atoms with Crippen LogP contribution in [0, 0.1) is 6.92 Å². The van der Waals surface area contributed by atoms with Gasteiger partial charge in [0, 0.05) is 17.9 Å². The van der Waals surface area contributed by atoms with Crippen LogP contribution in [0.1, 0.15) is 44.6 Å². The third kappa shape index (κ3) is 6.37. The maximum atomic E-state index is 12.7. The second-order valence-corrected chi connectivity index (χ2v) is 11.8. The van der Waals surface area contributed by atoms with E-state index in [2.05, 4.69) is 6.92 Å². The fourth-order valence-corrected chi connectivity index (χ4v) is 8.02. The number of benzene rings is 1. The maximum Gasteiger partial charge on any atom is 0.306 e. The summed E-state index contributed by atoms with van der Waals surface area (Å²) in [5, 5.41) is 0. The van der Waals surface area contributed by atoms with Gasteiger partial charge in [-0.2, -0.15) is 8.42 Å². The fraction of sp³-hybridized carbons (Fsp3) is 0.632. The lowest BCUT2D eigenvalue weighted by molar-refractivity contribution is -0.116. The van der Waals surface area contributed by atoms with Crippen molar-refractivity contribution < 1.29 is 21.6 Å². The molecule has 1 aliphatic rings. The number of carbonyl (C=O) groups is 1. The van der Waals surface area contributed by atoms with E-state index in [1.54, 1.807) is 24.3 Å². The molecule has 0 spiro atoms. The molecular weight excluding hydrogens is 372 g/mol. The molecule has 1 aliphatic heterocycles. The molecule has 0 radical (unpaired) electrons. The van der Waals surface area contributed by atoms with E-state index in [4.69, 9.17) is 8.37 Å². The minimum absolute atomic E-state index is 0.108. The molecule has 0 amide bonds. The second-order valence-electron chi connectivity index (χ2n) is 6.82. The van der Waals surface area contributed by atoms with Crippen LogP contribution in [0.5, 0.6) is 0 Å². The van der Waals surface area contributed by atoms with Crippen molar-refractivity contribution in [2.75, 3.05) is 30.5 Å². The molecule has 0 bridgehead atoms. The van der Waals surface area contributed by atoms with Gasteiger partial charge in [0.15, 0.2) is 0 Å². The van der Waals surface area contributed by atoms with Gasteiger partial charge in [0.25, 0.3) is 0 Å². The summed E-state index contributed by atoms with van der Waals surface area (Å²) in [7, 11) is -5.90. The van der Waals surface area contributed by atoms with Gasteiger partial charge in [0.2, 0.25) is 0 Å². The lowest BCUT2D eigenvalue weighted by atomic mass is 10.1. The Morgan fingerprint density at radius 2 is 1.77 bits per heavy atom. The van der Waals surface area contributed by atoms with E-state index in [0.29, 0.717) is 31.1 Å². The van der Waals surface area contributed by atoms with E-state index in [0.717, 1.165) is 31.2 Å². The Morgan fingerprint density at radius 3 is 2.38 bits per heavy atom. The summed E-state index contributed by atoms with van der Waals surface area (Å²) in [5.74, 6) is 1.32. The second kappa shape index (κ2) is 9.88. The normalized spacial score (nSPS) is 18.4. The number of ether oxygens (including phenoxy) is 1. The molecule has 0 aliphatic carbocycles. The van der Waals surface area contributed by atoms with Gasteiger partial charge in [-0.15, -0.1) is 10.3 Å². The highest BCUT2D eigenvalue weighted by molar-refractivity contribution is 8.33. The highest BCUT2D eigenvalue weighted by Crippen LogP contribution is 2.52. The first-order valence-electron chi connectivity index (χ1n) is 9.25. The number of Topliss-reactive ketones (excluding diaryl/α,β-unsaturated/α-hetero) is 1. The van der Waals surface area contributed by atoms with E-state index in [1.807, 2.05) is 6.92 Å². The van der Waals surface area contributed by atoms with E-state index < -0.39 is 20.4 Å². The van der Waals surface area contributed by atoms with Crippen molar-refractivity contribution in [3.63, 3.8) is 0 Å². The number of ketones is 1. The molecule has 0 aromatic heterocycles. The molecule has 0 atom stereocenters. The number of unbranched alkanes of at least 4 members (excludes halogenated alkanes) is 3. The van der Waals surface area contributed by atoms with Crippen LogP contribution in [0.2, 0.25) is 0 Å². The van der Waals surface area contributed by atoms with Gasteiger partial charge in [-0.3, -0.25) is 4.79 Å². The summed E-state index contributed by atoms with van der Waals surface area (Å²) >= 11 is 0. The predicted molar refractivity (Wildman–Crippen MR) is 106 cm³/mol. The molecule has 7 heteroatoms. The van der Waals surface area contributed by atoms with Crippen LogP contribution in [-0.4, -0.2) is 44.7 Å². The average Bonchev–Trinajstić information content (AvgIpc) is 2.59. The molecule has 1 aromatic carbocycles. The predicted octanol–water partition coefficient (Wildman–Crippen LogP) is 3.99. The number of rotatable bonds is 10. The largest absolute Gasteiger partial charge is 0.380 e. The smallest absolute Gasteiger partial charge is 0.306 e. The molecule has 148 valence electrons. The maximum absolute atomic E-state index is 12.7. The van der Waals surface area contributed by atoms with E-state index >= 15 is 0 Å². The van der Waals surface area contributed by atoms with E-state index in [1.165, 1.54) is 0 Å². The summed E-state index contributed by atoms with van der Waals surface area (Å²) in [6.45, 7) is 4.93. The van der Waals surface area contributed by atoms with Gasteiger partial charge >= 0.3 is 10.1 Å². The molecular formula is C19H30O5S2. The van der Waals surface area contributed by atoms with Gasteiger partial charge in [-0.05, 0) is 25.5 Å². The minimum atomic E-state index is -3.88. The van der Waals surface area contributed by atoms with Gasteiger partial charge in [0.1, 0.15) is 5.78 Å². The van der Waals surface area contributed by atoms with Crippen LogP contribution in [0.3, 0.4) is 0 Å². The fourth-order valence-electron chi connectivity index (χ4n) is 2.91. The SMILES string of the molecule is CCCCCCC(=O)CS1(OS(=O)(=O)c2ccc(C)cc2)CCOCC1. The third-order valence-electron chi connectivity index (χ3n) is 4.48. The zero-order chi connectivity index (χ0) is 19.0. The van der Waals surface area contributed by atoms with Gasteiger partial charge in [-0.1, -0.05) is 43.9 Å². The number of aryl methyl sites for hydroxylation is 1. The highest BCUT2D eigenvalue weighted by Gasteiger charge is 2.36. The number of hydrogen-bond donors (Lipinski definition) is 0. The number of hydrogen-bond acceptors (Lipinski definition) is 5. The molecule has 26 heavy (non-hydrogen) atoms. The topological polar surface area (TPSA) is 69.7 Å². The summed E-state index contributed by atoms with van der Waals surface area (Å²) in [6, 6.07) is 6.62. The molecule has 2 rings (SSSR count). The van der Waals surface area contributed by atoms with Crippen LogP contribution >= 0.6 is 10.3 Å². The first kappa shape index (κ1) is 21.4. The molecule has 5 nitrogen and oxygen atoms in total. The molecule has 1 heterocycles. The lowest BCUT2D eigenvalue weighted by Crippen LogP contribution is -2.32. The zero-order valence-electron chi connectivity index (χ0n) is 15.7. The average molecular weight is 403 g/mol. The minimum Gasteiger partial charge on any atom is -0.380 e. The summed E-state index contributed by atoms with van der Waals surface area (Å²) < 4.78 is 36.6. The van der Waals surface area contributed by atoms with Crippen LogP contribution < -0.4 is 0 Å². The van der Waals surface area contributed by atoms with Crippen molar-refractivity contribution in [1.82, 2.24) is 0 Å². The van der Waals surface area contributed by atoms with Crippen LogP contribution in [0.4, 0.5) is 0 Å². The Bertz CT molecular complexity index is 676. The molecule has 1 aromatic rings. The van der Waals surface area contributed by atoms with Gasteiger partial charge in [-0.25, -0.2) is 3.63 Å². The molecule has 0 unspecified atom stereocenters. The van der Waals surface area contributed by atoms with Crippen molar-refractivity contribution >= 4 is 26.2 Å². The van der Waals surface area contributed by atoms with Crippen LogP contribution in [0.15, 0.2) is 29.2 Å². The van der Waals surface area contributed by atoms with Crippen molar-refractivity contribution in [3.05, 3.63) is 29.8 Å². The first-order chi connectivity index (χ1) is 12.4. The van der Waals surface area contributed by atoms with Gasteiger partial charge < -0.3 is 4.74 Å². The zero-order valence-corrected chi connectivity index (χ0v) is 17.4. The van der Waals surface area contributed by atoms with Crippen molar-refractivity contribution in [3.8, 4) is 0 Å². The standard InChI is InChI=1S/C19H30O5S2/c1-3-4-5-6-7-18(20)16-25(14-12-23-13-15-25)24-26(21,22)19-10-8-17(2)9-11-19/h8-11H,3-7,12-16H2,1-2H3. The highest BCUT2D eigenvalue weighted by atomic mass is 32.3. The molecule has 0 N–H and O–H groups in total. The van der Waals surface area contributed by atoms with E-state index in [9.17, 15) is 13.2 Å². The molecule has 0 saturated carbocycles. The monoisotopic (exact) mass is 402 g/mol. The van der Waals surface area contributed by atoms with Crippen LogP contribution in [0.25, 0.3) is 0 Å². The Labute approximate surface area is 159 Å². The summed E-state index contributed by atoms with van der Waals surface area (Å²) in [5.41, 5.74) is 0.985. The van der Waals surface area contributed by atoms with Crippen molar-refractivity contribution in [1.29, 1.82) is 0 Å². The Hall–Kier alpha value is -0.890. The van der Waals surface area contributed by atoms with Crippen molar-refractivity contribution in [2.45, 2.75) is 50.8 Å². The quantitative estimate of drug-likeness (QED) is 0.554. The Morgan fingerprint density at radius 1 is 1.12 bits per heavy atom. The number of carbonyl (C=O) groups excluding carboxylic acids is 1. The van der Waals surface area contributed by atoms with Crippen LogP contribution in [-0.2, 0) is 23.3 Å². The molecule has 1 saturated heterocycles. The lowest BCUT2D eigenvalue weighted by Gasteiger charge is -2.40. The first-order valence-corrected chi connectivity index (χ1v) is 12.7. The summed E-state index contributed by atoms with van der Waals surface area (Å²) in [6.07, 6.45) is 4.65. The molecule has 1 fully saturated rings. The van der Waals surface area contributed by atoms with E-state index in [-0.39, 0.29) is 16.4 Å². The third-order valence-corrected chi connectivity index (χ3v) is 9.87. The summed E-state index contributed by atoms with van der Waals surface area (Å²) in [4.78, 5) is 12.6. The van der Waals surface area contributed by atoms with Crippen molar-refractivity contribution in [2.24, 2.45) is 0 Å². The Kier molecular flexibility index (Phi) is 8.13. The Balaban J connectivity index is 2.08.